The Balaban J connectivity index is 1.84. The molecule has 90 valence electrons. The molecule has 1 aliphatic carbocycles. The van der Waals surface area contributed by atoms with Gasteiger partial charge in [-0.15, -0.1) is 22.9 Å². The summed E-state index contributed by atoms with van der Waals surface area (Å²) >= 11 is 17.4. The van der Waals surface area contributed by atoms with Crippen molar-refractivity contribution in [1.82, 2.24) is 0 Å². The quantitative estimate of drug-likeness (QED) is 0.554. The van der Waals surface area contributed by atoms with Crippen LogP contribution in [0.4, 0.5) is 0 Å². The second-order valence-corrected chi connectivity index (χ2v) is 7.53. The molecule has 1 aliphatic rings. The third kappa shape index (κ3) is 3.38. The molecule has 0 nitrogen and oxygen atoms in total. The lowest BCUT2D eigenvalue weighted by atomic mass is 10.0. The Morgan fingerprint density at radius 2 is 2.12 bits per heavy atom. The monoisotopic (exact) mass is 340 g/mol. The van der Waals surface area contributed by atoms with Gasteiger partial charge in [-0.05, 0) is 40.8 Å². The van der Waals surface area contributed by atoms with Crippen LogP contribution in [0.25, 0.3) is 0 Å². The van der Waals surface area contributed by atoms with Crippen molar-refractivity contribution in [3.8, 4) is 0 Å². The van der Waals surface area contributed by atoms with Crippen molar-refractivity contribution >= 4 is 50.5 Å². The summed E-state index contributed by atoms with van der Waals surface area (Å²) in [5, 5.41) is 0.134. The van der Waals surface area contributed by atoms with E-state index in [0.29, 0.717) is 0 Å². The topological polar surface area (TPSA) is 0 Å². The van der Waals surface area contributed by atoms with Crippen molar-refractivity contribution in [1.29, 1.82) is 0 Å². The summed E-state index contributed by atoms with van der Waals surface area (Å²) in [7, 11) is 0. The van der Waals surface area contributed by atoms with Crippen LogP contribution in [-0.2, 0) is 0 Å². The van der Waals surface area contributed by atoms with E-state index in [4.69, 9.17) is 23.2 Å². The standard InChI is InChI=1S/C12H15BrCl2S/c13-9-7-11(16-12(9)15)10(14)6-5-8-3-1-2-4-8/h7-8,10H,1-6H2. The summed E-state index contributed by atoms with van der Waals surface area (Å²) in [6.07, 6.45) is 7.97. The lowest BCUT2D eigenvalue weighted by molar-refractivity contribution is 0.481. The van der Waals surface area contributed by atoms with Gasteiger partial charge in [0.2, 0.25) is 0 Å². The van der Waals surface area contributed by atoms with E-state index in [1.54, 1.807) is 11.3 Å². The van der Waals surface area contributed by atoms with Gasteiger partial charge in [0.25, 0.3) is 0 Å². The van der Waals surface area contributed by atoms with Gasteiger partial charge in [-0.2, -0.15) is 0 Å². The van der Waals surface area contributed by atoms with E-state index in [9.17, 15) is 0 Å². The maximum atomic E-state index is 6.40. The fourth-order valence-corrected chi connectivity index (χ4v) is 4.41. The normalized spacial score (nSPS) is 19.2. The van der Waals surface area contributed by atoms with Crippen LogP contribution in [-0.4, -0.2) is 0 Å². The maximum Gasteiger partial charge on any atom is 0.107 e. The van der Waals surface area contributed by atoms with E-state index in [1.165, 1.54) is 37.0 Å². The zero-order valence-corrected chi connectivity index (χ0v) is 12.9. The molecule has 1 aromatic rings. The molecule has 0 N–H and O–H groups in total. The molecule has 0 saturated heterocycles. The molecule has 1 saturated carbocycles. The highest BCUT2D eigenvalue weighted by atomic mass is 79.9. The van der Waals surface area contributed by atoms with E-state index < -0.39 is 0 Å². The maximum absolute atomic E-state index is 6.40. The largest absolute Gasteiger partial charge is 0.126 e. The van der Waals surface area contributed by atoms with Gasteiger partial charge in [0.05, 0.1) is 5.38 Å². The number of hydrogen-bond acceptors (Lipinski definition) is 1. The third-order valence-corrected chi connectivity index (χ3v) is 6.45. The molecule has 0 spiro atoms. The van der Waals surface area contributed by atoms with Gasteiger partial charge in [0, 0.05) is 9.35 Å². The van der Waals surface area contributed by atoms with Gasteiger partial charge < -0.3 is 0 Å². The van der Waals surface area contributed by atoms with Crippen LogP contribution in [0.2, 0.25) is 4.34 Å². The molecule has 0 aliphatic heterocycles. The SMILES string of the molecule is Clc1sc(C(Cl)CCC2CCCC2)cc1Br. The van der Waals surface area contributed by atoms with Gasteiger partial charge in [-0.25, -0.2) is 0 Å². The molecule has 16 heavy (non-hydrogen) atoms. The predicted octanol–water partition coefficient (Wildman–Crippen LogP) is 6.41. The lowest BCUT2D eigenvalue weighted by Gasteiger charge is -2.11. The molecule has 4 heteroatoms. The predicted molar refractivity (Wildman–Crippen MR) is 76.8 cm³/mol. The fourth-order valence-electron chi connectivity index (χ4n) is 2.34. The summed E-state index contributed by atoms with van der Waals surface area (Å²) < 4.78 is 1.78. The molecule has 2 rings (SSSR count). The summed E-state index contributed by atoms with van der Waals surface area (Å²) in [6, 6.07) is 2.05. The first-order chi connectivity index (χ1) is 7.66. The summed E-state index contributed by atoms with van der Waals surface area (Å²) in [6.45, 7) is 0. The van der Waals surface area contributed by atoms with Crippen molar-refractivity contribution in [3.05, 3.63) is 19.8 Å². The Kier molecular flexibility index (Phi) is 5.02. The van der Waals surface area contributed by atoms with Gasteiger partial charge in [0.15, 0.2) is 0 Å². The molecular weight excluding hydrogens is 327 g/mol. The second-order valence-electron chi connectivity index (χ2n) is 4.47. The number of halogens is 3. The summed E-state index contributed by atoms with van der Waals surface area (Å²) in [5.41, 5.74) is 0. The van der Waals surface area contributed by atoms with Crippen LogP contribution >= 0.6 is 50.5 Å². The van der Waals surface area contributed by atoms with Crippen molar-refractivity contribution in [2.75, 3.05) is 0 Å². The molecule has 0 radical (unpaired) electrons. The van der Waals surface area contributed by atoms with E-state index >= 15 is 0 Å². The Bertz CT molecular complexity index is 325. The first kappa shape index (κ1) is 13.2. The fraction of sp³-hybridized carbons (Fsp3) is 0.667. The highest BCUT2D eigenvalue weighted by Crippen LogP contribution is 2.40. The van der Waals surface area contributed by atoms with E-state index in [1.807, 2.05) is 0 Å². The second kappa shape index (κ2) is 6.08. The number of rotatable bonds is 4. The van der Waals surface area contributed by atoms with Crippen molar-refractivity contribution < 1.29 is 0 Å². The van der Waals surface area contributed by atoms with Crippen molar-refractivity contribution in [2.45, 2.75) is 43.9 Å². The molecule has 1 atom stereocenters. The minimum atomic E-state index is 0.134. The number of thiophene rings is 1. The van der Waals surface area contributed by atoms with Gasteiger partial charge in [0.1, 0.15) is 4.34 Å². The molecule has 0 bridgehead atoms. The highest BCUT2D eigenvalue weighted by molar-refractivity contribution is 9.10. The Labute approximate surface area is 119 Å². The zero-order chi connectivity index (χ0) is 11.5. The van der Waals surface area contributed by atoms with Crippen LogP contribution in [0.15, 0.2) is 10.5 Å². The molecule has 1 fully saturated rings. The van der Waals surface area contributed by atoms with Crippen molar-refractivity contribution in [3.63, 3.8) is 0 Å². The van der Waals surface area contributed by atoms with E-state index in [-0.39, 0.29) is 5.38 Å². The van der Waals surface area contributed by atoms with Gasteiger partial charge in [-0.3, -0.25) is 0 Å². The number of alkyl halides is 1. The van der Waals surface area contributed by atoms with Gasteiger partial charge in [-0.1, -0.05) is 37.3 Å². The summed E-state index contributed by atoms with van der Waals surface area (Å²) in [4.78, 5) is 1.19. The highest BCUT2D eigenvalue weighted by Gasteiger charge is 2.18. The molecular formula is C12H15BrCl2S. The van der Waals surface area contributed by atoms with Crippen LogP contribution < -0.4 is 0 Å². The molecule has 0 amide bonds. The third-order valence-electron chi connectivity index (χ3n) is 3.28. The van der Waals surface area contributed by atoms with Crippen LogP contribution in [0.3, 0.4) is 0 Å². The Morgan fingerprint density at radius 3 is 2.69 bits per heavy atom. The molecule has 0 aromatic carbocycles. The first-order valence-electron chi connectivity index (χ1n) is 5.75. The number of hydrogen-bond donors (Lipinski definition) is 0. The van der Waals surface area contributed by atoms with Crippen LogP contribution in [0, 0.1) is 5.92 Å². The minimum Gasteiger partial charge on any atom is -0.126 e. The zero-order valence-electron chi connectivity index (χ0n) is 9.02. The molecule has 1 aromatic heterocycles. The minimum absolute atomic E-state index is 0.134. The average Bonchev–Trinajstić information content (AvgIpc) is 2.86. The van der Waals surface area contributed by atoms with Crippen molar-refractivity contribution in [2.24, 2.45) is 5.92 Å². The lowest BCUT2D eigenvalue weighted by Crippen LogP contribution is -1.96. The van der Waals surface area contributed by atoms with E-state index in [0.717, 1.165) is 21.1 Å². The Hall–Kier alpha value is 0.760. The Morgan fingerprint density at radius 1 is 1.44 bits per heavy atom. The van der Waals surface area contributed by atoms with Crippen LogP contribution in [0.5, 0.6) is 0 Å². The molecule has 1 unspecified atom stereocenters. The summed E-state index contributed by atoms with van der Waals surface area (Å²) in [5.74, 6) is 0.917. The average molecular weight is 342 g/mol. The van der Waals surface area contributed by atoms with Crippen LogP contribution in [0.1, 0.15) is 48.8 Å². The smallest absolute Gasteiger partial charge is 0.107 e. The molecule has 1 heterocycles. The first-order valence-corrected chi connectivity index (χ1v) is 8.18. The van der Waals surface area contributed by atoms with E-state index in [2.05, 4.69) is 22.0 Å². The van der Waals surface area contributed by atoms with Gasteiger partial charge >= 0.3 is 0 Å².